The van der Waals surface area contributed by atoms with Crippen molar-refractivity contribution >= 4 is 22.5 Å². The van der Waals surface area contributed by atoms with Crippen molar-refractivity contribution in [2.75, 3.05) is 0 Å². The number of nitrogens with zero attached hydrogens (tertiary/aromatic N) is 5. The van der Waals surface area contributed by atoms with E-state index in [0.717, 1.165) is 23.1 Å². The molecule has 5 aromatic rings. The minimum absolute atomic E-state index is 0.0733. The summed E-state index contributed by atoms with van der Waals surface area (Å²) in [5, 5.41) is 21.8. The van der Waals surface area contributed by atoms with Gasteiger partial charge in [0.15, 0.2) is 0 Å². The number of fused-ring (bicyclic) bond motifs is 1. The molecule has 0 spiro atoms. The molecule has 2 heterocycles. The quantitative estimate of drug-likeness (QED) is 0.317. The second-order valence-corrected chi connectivity index (χ2v) is 8.99. The first-order valence-corrected chi connectivity index (χ1v) is 11.5. The molecular formula is C26H22ClF2N5O2. The Hall–Kier alpha value is -3.82. The van der Waals surface area contributed by atoms with Crippen molar-refractivity contribution in [3.8, 4) is 5.75 Å². The molecule has 1 atom stereocenters. The van der Waals surface area contributed by atoms with Crippen LogP contribution in [-0.2, 0) is 25.3 Å². The highest BCUT2D eigenvalue weighted by Gasteiger charge is 2.35. The number of benzene rings is 3. The minimum atomic E-state index is -1.81. The van der Waals surface area contributed by atoms with Crippen LogP contribution in [0.5, 0.6) is 5.75 Å². The van der Waals surface area contributed by atoms with Crippen LogP contribution in [0.2, 0.25) is 5.02 Å². The van der Waals surface area contributed by atoms with Gasteiger partial charge in [-0.15, -0.1) is 0 Å². The maximum absolute atomic E-state index is 14.8. The van der Waals surface area contributed by atoms with Gasteiger partial charge in [-0.1, -0.05) is 35.9 Å². The number of halogens is 3. The second-order valence-electron chi connectivity index (χ2n) is 8.56. The molecule has 0 radical (unpaired) electrons. The number of hydrogen-bond acceptors (Lipinski definition) is 5. The first kappa shape index (κ1) is 23.9. The lowest BCUT2D eigenvalue weighted by Gasteiger charge is -2.29. The number of ether oxygens (including phenoxy) is 1. The summed E-state index contributed by atoms with van der Waals surface area (Å²) in [5.41, 5.74) is 0.447. The Labute approximate surface area is 210 Å². The largest absolute Gasteiger partial charge is 0.488 e. The van der Waals surface area contributed by atoms with Gasteiger partial charge in [0.25, 0.3) is 0 Å². The number of aliphatic hydroxyl groups is 1. The molecule has 184 valence electrons. The summed E-state index contributed by atoms with van der Waals surface area (Å²) in [7, 11) is 0. The van der Waals surface area contributed by atoms with Crippen molar-refractivity contribution in [3.63, 3.8) is 0 Å². The van der Waals surface area contributed by atoms with Gasteiger partial charge in [0.05, 0.1) is 29.7 Å². The second kappa shape index (κ2) is 9.67. The highest BCUT2D eigenvalue weighted by molar-refractivity contribution is 6.30. The van der Waals surface area contributed by atoms with E-state index in [4.69, 9.17) is 16.3 Å². The van der Waals surface area contributed by atoms with Crippen LogP contribution in [-0.4, -0.2) is 29.7 Å². The zero-order valence-corrected chi connectivity index (χ0v) is 20.0. The lowest BCUT2D eigenvalue weighted by molar-refractivity contribution is -0.00740. The van der Waals surface area contributed by atoms with E-state index in [1.807, 2.05) is 37.3 Å². The van der Waals surface area contributed by atoms with Crippen LogP contribution < -0.4 is 4.74 Å². The summed E-state index contributed by atoms with van der Waals surface area (Å²) in [4.78, 5) is 3.90. The summed E-state index contributed by atoms with van der Waals surface area (Å²) in [5.74, 6) is -0.973. The molecule has 0 saturated carbocycles. The smallest absolute Gasteiger partial charge is 0.137 e. The van der Waals surface area contributed by atoms with Gasteiger partial charge in [-0.2, -0.15) is 10.2 Å². The molecule has 0 saturated heterocycles. The van der Waals surface area contributed by atoms with Gasteiger partial charge >= 0.3 is 0 Å². The maximum atomic E-state index is 14.8. The molecular weight excluding hydrogens is 488 g/mol. The molecule has 3 aromatic carbocycles. The molecule has 0 amide bonds. The van der Waals surface area contributed by atoms with Crippen molar-refractivity contribution in [2.24, 2.45) is 0 Å². The first-order chi connectivity index (χ1) is 17.3. The van der Waals surface area contributed by atoms with Gasteiger partial charge < -0.3 is 9.84 Å². The van der Waals surface area contributed by atoms with Crippen molar-refractivity contribution in [2.45, 2.75) is 32.2 Å². The SMILES string of the molecule is Cc1nn(CC(O)(Cn2cncn2)c2ccc(F)cc2F)c2cccc(OCc3ccc(Cl)cc3)c12. The fraction of sp³-hybridized carbons (Fsp3) is 0.192. The number of hydrogen-bond donors (Lipinski definition) is 1. The molecule has 2 aromatic heterocycles. The van der Waals surface area contributed by atoms with E-state index >= 15 is 0 Å². The van der Waals surface area contributed by atoms with E-state index in [1.54, 1.807) is 16.8 Å². The number of aryl methyl sites for hydroxylation is 1. The summed E-state index contributed by atoms with van der Waals surface area (Å²) in [6.07, 6.45) is 2.74. The molecule has 0 aliphatic rings. The minimum Gasteiger partial charge on any atom is -0.488 e. The molecule has 1 unspecified atom stereocenters. The molecule has 7 nitrogen and oxygen atoms in total. The Balaban J connectivity index is 1.51. The Kier molecular flexibility index (Phi) is 6.42. The summed E-state index contributed by atoms with van der Waals surface area (Å²) in [6.45, 7) is 1.92. The van der Waals surface area contributed by atoms with Gasteiger partial charge in [0, 0.05) is 16.7 Å². The van der Waals surface area contributed by atoms with E-state index < -0.39 is 17.2 Å². The van der Waals surface area contributed by atoms with E-state index in [2.05, 4.69) is 15.2 Å². The van der Waals surface area contributed by atoms with E-state index in [1.165, 1.54) is 23.4 Å². The van der Waals surface area contributed by atoms with E-state index in [0.29, 0.717) is 28.6 Å². The van der Waals surface area contributed by atoms with Gasteiger partial charge in [-0.05, 0) is 42.8 Å². The summed E-state index contributed by atoms with van der Waals surface area (Å²) >= 11 is 5.97. The van der Waals surface area contributed by atoms with Gasteiger partial charge in [0.1, 0.15) is 42.2 Å². The topological polar surface area (TPSA) is 78.0 Å². The molecule has 10 heteroatoms. The lowest BCUT2D eigenvalue weighted by Crippen LogP contribution is -2.37. The number of aromatic nitrogens is 5. The third kappa shape index (κ3) is 4.80. The molecule has 5 rings (SSSR count). The van der Waals surface area contributed by atoms with Crippen molar-refractivity contribution in [1.82, 2.24) is 24.5 Å². The van der Waals surface area contributed by atoms with Crippen molar-refractivity contribution in [1.29, 1.82) is 0 Å². The third-order valence-corrected chi connectivity index (χ3v) is 6.21. The zero-order valence-electron chi connectivity index (χ0n) is 19.3. The average molecular weight is 510 g/mol. The first-order valence-electron chi connectivity index (χ1n) is 11.2. The Morgan fingerprint density at radius 1 is 1.06 bits per heavy atom. The zero-order chi connectivity index (χ0) is 25.3. The Morgan fingerprint density at radius 2 is 1.86 bits per heavy atom. The number of rotatable bonds is 8. The highest BCUT2D eigenvalue weighted by atomic mass is 35.5. The van der Waals surface area contributed by atoms with Crippen LogP contribution in [0.25, 0.3) is 10.9 Å². The molecule has 0 aliphatic heterocycles. The van der Waals surface area contributed by atoms with Gasteiger partial charge in [0.2, 0.25) is 0 Å². The van der Waals surface area contributed by atoms with Crippen LogP contribution in [0.3, 0.4) is 0 Å². The van der Waals surface area contributed by atoms with Crippen LogP contribution in [0.15, 0.2) is 73.3 Å². The van der Waals surface area contributed by atoms with E-state index in [-0.39, 0.29) is 18.7 Å². The van der Waals surface area contributed by atoms with Crippen molar-refractivity contribution < 1.29 is 18.6 Å². The van der Waals surface area contributed by atoms with Crippen LogP contribution in [0.1, 0.15) is 16.8 Å². The molecule has 0 aliphatic carbocycles. The fourth-order valence-electron chi connectivity index (χ4n) is 4.28. The summed E-state index contributed by atoms with van der Waals surface area (Å²) < 4.78 is 37.5. The molecule has 1 N–H and O–H groups in total. The fourth-order valence-corrected chi connectivity index (χ4v) is 4.41. The normalized spacial score (nSPS) is 13.1. The lowest BCUT2D eigenvalue weighted by atomic mass is 9.92. The standard InChI is InChI=1S/C26H22ClF2N5O2/c1-17-25-23(3-2-4-24(25)36-12-18-5-7-19(27)8-6-18)34(32-17)14-26(35,13-33-16-30-15-31-33)21-10-9-20(28)11-22(21)29/h2-11,15-16,35H,12-14H2,1H3. The van der Waals surface area contributed by atoms with E-state index in [9.17, 15) is 13.9 Å². The Morgan fingerprint density at radius 3 is 2.58 bits per heavy atom. The predicted octanol–water partition coefficient (Wildman–Crippen LogP) is 5.03. The molecule has 36 heavy (non-hydrogen) atoms. The average Bonchev–Trinajstić information content (AvgIpc) is 3.46. The van der Waals surface area contributed by atoms with Gasteiger partial charge in [-0.3, -0.25) is 4.68 Å². The van der Waals surface area contributed by atoms with Gasteiger partial charge in [-0.25, -0.2) is 18.4 Å². The monoisotopic (exact) mass is 509 g/mol. The van der Waals surface area contributed by atoms with Crippen LogP contribution in [0.4, 0.5) is 8.78 Å². The molecule has 0 bridgehead atoms. The third-order valence-electron chi connectivity index (χ3n) is 5.96. The summed E-state index contributed by atoms with van der Waals surface area (Å²) in [6, 6.07) is 16.0. The Bertz CT molecular complexity index is 1510. The van der Waals surface area contributed by atoms with Crippen LogP contribution in [0, 0.1) is 18.6 Å². The van der Waals surface area contributed by atoms with Crippen LogP contribution >= 0.6 is 11.6 Å². The van der Waals surface area contributed by atoms with Crippen molar-refractivity contribution in [3.05, 3.63) is 107 Å². The molecule has 0 fully saturated rings. The maximum Gasteiger partial charge on any atom is 0.137 e. The highest BCUT2D eigenvalue weighted by Crippen LogP contribution is 2.33. The predicted molar refractivity (Wildman–Crippen MR) is 131 cm³/mol.